The van der Waals surface area contributed by atoms with Crippen LogP contribution in [0.3, 0.4) is 0 Å². The van der Waals surface area contributed by atoms with Crippen LogP contribution in [-0.4, -0.2) is 55.2 Å². The van der Waals surface area contributed by atoms with E-state index in [0.717, 1.165) is 7.11 Å². The van der Waals surface area contributed by atoms with Crippen molar-refractivity contribution in [3.63, 3.8) is 0 Å². The molecule has 54 valence electrons. The van der Waals surface area contributed by atoms with Crippen LogP contribution in [0.4, 0.5) is 0 Å². The van der Waals surface area contributed by atoms with Crippen molar-refractivity contribution in [2.24, 2.45) is 0 Å². The Hall–Kier alpha value is -0.0600. The average Bonchev–Trinajstić information content (AvgIpc) is 1.87. The van der Waals surface area contributed by atoms with Crippen molar-refractivity contribution in [2.75, 3.05) is 13.7 Å². The molecule has 0 aromatic rings. The van der Waals surface area contributed by atoms with Gasteiger partial charge in [0.15, 0.2) is 0 Å². The molecule has 0 aliphatic carbocycles. The summed E-state index contributed by atoms with van der Waals surface area (Å²) in [5.74, 6) is -1.91. The third-order valence-electron chi connectivity index (χ3n) is 0.627. The Bertz CT molecular complexity index is 123. The fraction of sp³-hybridized carbons (Fsp3) is 0.600. The van der Waals surface area contributed by atoms with Crippen LogP contribution in [0.25, 0.3) is 0 Å². The Morgan fingerprint density at radius 1 is 1.30 bits per heavy atom. The van der Waals surface area contributed by atoms with Gasteiger partial charge in [-0.3, -0.25) is 0 Å². The van der Waals surface area contributed by atoms with Crippen LogP contribution in [0.2, 0.25) is 0 Å². The molecule has 0 radical (unpaired) electrons. The Labute approximate surface area is 81.2 Å². The van der Waals surface area contributed by atoms with Gasteiger partial charge in [0.2, 0.25) is 0 Å². The number of carbonyl (C=O) groups excluding carboxylic acids is 2. The van der Waals surface area contributed by atoms with Crippen molar-refractivity contribution in [2.45, 2.75) is 6.92 Å². The van der Waals surface area contributed by atoms with Crippen LogP contribution in [0.1, 0.15) is 6.92 Å². The molecule has 10 heavy (non-hydrogen) atoms. The summed E-state index contributed by atoms with van der Waals surface area (Å²) < 4.78 is 8.33. The first kappa shape index (κ1) is 12.6. The molecule has 5 heteroatoms. The second-order valence-electron chi connectivity index (χ2n) is 1.21. The van der Waals surface area contributed by atoms with E-state index in [2.05, 4.69) is 9.47 Å². The topological polar surface area (TPSA) is 52.6 Å². The first-order valence-electron chi connectivity index (χ1n) is 2.47. The van der Waals surface area contributed by atoms with E-state index in [1.165, 1.54) is 0 Å². The molecule has 0 aromatic heterocycles. The molecule has 0 unspecified atom stereocenters. The molecular formula is C5H9NaO4. The van der Waals surface area contributed by atoms with Crippen LogP contribution < -0.4 is 0 Å². The van der Waals surface area contributed by atoms with Gasteiger partial charge in [0, 0.05) is 0 Å². The molecule has 4 nitrogen and oxygen atoms in total. The maximum atomic E-state index is 10.3. The van der Waals surface area contributed by atoms with Gasteiger partial charge in [0.05, 0.1) is 13.7 Å². The van der Waals surface area contributed by atoms with Gasteiger partial charge in [-0.1, -0.05) is 0 Å². The summed E-state index contributed by atoms with van der Waals surface area (Å²) in [4.78, 5) is 20.5. The summed E-state index contributed by atoms with van der Waals surface area (Å²) in [5, 5.41) is 0. The second-order valence-corrected chi connectivity index (χ2v) is 1.21. The van der Waals surface area contributed by atoms with Crippen LogP contribution in [0.15, 0.2) is 0 Å². The van der Waals surface area contributed by atoms with Gasteiger partial charge >= 0.3 is 41.5 Å². The number of ether oxygens (including phenoxy) is 2. The van der Waals surface area contributed by atoms with Crippen LogP contribution in [-0.2, 0) is 19.1 Å². The zero-order valence-corrected chi connectivity index (χ0v) is 5.34. The molecule has 0 aliphatic rings. The molecular weight excluding hydrogens is 147 g/mol. The normalized spacial score (nSPS) is 7.40. The van der Waals surface area contributed by atoms with Crippen molar-refractivity contribution in [1.29, 1.82) is 0 Å². The van der Waals surface area contributed by atoms with Crippen molar-refractivity contribution in [1.82, 2.24) is 0 Å². The summed E-state index contributed by atoms with van der Waals surface area (Å²) in [7, 11) is 1.12. The summed E-state index contributed by atoms with van der Waals surface area (Å²) in [5.41, 5.74) is 0. The molecule has 0 amide bonds. The van der Waals surface area contributed by atoms with E-state index in [1.54, 1.807) is 6.92 Å². The van der Waals surface area contributed by atoms with Crippen molar-refractivity contribution < 1.29 is 19.1 Å². The monoisotopic (exact) mass is 156 g/mol. The summed E-state index contributed by atoms with van der Waals surface area (Å²) >= 11 is 0. The summed E-state index contributed by atoms with van der Waals surface area (Å²) in [6.45, 7) is 1.80. The zero-order chi connectivity index (χ0) is 7.28. The number of esters is 2. The molecule has 0 aliphatic heterocycles. The zero-order valence-electron chi connectivity index (χ0n) is 5.34. The van der Waals surface area contributed by atoms with Crippen molar-refractivity contribution in [3.05, 3.63) is 0 Å². The molecule has 0 atom stereocenters. The fourth-order valence-electron chi connectivity index (χ4n) is 0.273. The minimum absolute atomic E-state index is 0. The SMILES string of the molecule is CCOC(=O)C(=O)OC.[NaH]. The quantitative estimate of drug-likeness (QED) is 0.280. The van der Waals surface area contributed by atoms with Crippen LogP contribution in [0.5, 0.6) is 0 Å². The number of carbonyl (C=O) groups is 2. The molecule has 0 heterocycles. The van der Waals surface area contributed by atoms with Crippen molar-refractivity contribution in [3.8, 4) is 0 Å². The van der Waals surface area contributed by atoms with Crippen LogP contribution in [0, 0.1) is 0 Å². The Morgan fingerprint density at radius 2 is 1.80 bits per heavy atom. The Kier molecular flexibility index (Phi) is 8.89. The molecule has 0 fully saturated rings. The number of hydrogen-bond acceptors (Lipinski definition) is 4. The van der Waals surface area contributed by atoms with Gasteiger partial charge < -0.3 is 9.47 Å². The maximum absolute atomic E-state index is 10.3. The van der Waals surface area contributed by atoms with E-state index in [-0.39, 0.29) is 36.2 Å². The molecule has 0 spiro atoms. The molecule has 0 saturated heterocycles. The summed E-state index contributed by atoms with van der Waals surface area (Å²) in [6, 6.07) is 0. The van der Waals surface area contributed by atoms with E-state index in [9.17, 15) is 9.59 Å². The van der Waals surface area contributed by atoms with E-state index < -0.39 is 11.9 Å². The first-order valence-corrected chi connectivity index (χ1v) is 2.47. The third kappa shape index (κ3) is 4.78. The van der Waals surface area contributed by atoms with Gasteiger partial charge in [-0.2, -0.15) is 0 Å². The van der Waals surface area contributed by atoms with Gasteiger partial charge in [0.25, 0.3) is 0 Å². The second kappa shape index (κ2) is 7.05. The van der Waals surface area contributed by atoms with Gasteiger partial charge in [-0.25, -0.2) is 9.59 Å². The number of methoxy groups -OCH3 is 1. The van der Waals surface area contributed by atoms with Gasteiger partial charge in [-0.15, -0.1) is 0 Å². The van der Waals surface area contributed by atoms with Crippen LogP contribution >= 0.6 is 0 Å². The molecule has 0 N–H and O–H groups in total. The Morgan fingerprint density at radius 3 is 2.10 bits per heavy atom. The standard InChI is InChI=1S/C5H8O4.Na.H/c1-3-9-5(7)4(6)8-2;;/h3H2,1-2H3;;. The van der Waals surface area contributed by atoms with Gasteiger partial charge in [0.1, 0.15) is 0 Å². The Balaban J connectivity index is 0. The minimum atomic E-state index is -0.961. The van der Waals surface area contributed by atoms with E-state index >= 15 is 0 Å². The molecule has 0 aromatic carbocycles. The van der Waals surface area contributed by atoms with E-state index in [0.29, 0.717) is 0 Å². The predicted molar refractivity (Wildman–Crippen MR) is 35.8 cm³/mol. The van der Waals surface area contributed by atoms with Crippen molar-refractivity contribution >= 4 is 41.5 Å². The van der Waals surface area contributed by atoms with E-state index in [1.807, 2.05) is 0 Å². The van der Waals surface area contributed by atoms with E-state index in [4.69, 9.17) is 0 Å². The third-order valence-corrected chi connectivity index (χ3v) is 0.627. The number of hydrogen-bond donors (Lipinski definition) is 0. The molecule has 0 bridgehead atoms. The fourth-order valence-corrected chi connectivity index (χ4v) is 0.273. The molecule has 0 saturated carbocycles. The predicted octanol–water partition coefficient (Wildman–Crippen LogP) is -0.926. The average molecular weight is 156 g/mol. The number of rotatable bonds is 1. The van der Waals surface area contributed by atoms with Gasteiger partial charge in [-0.05, 0) is 6.92 Å². The molecule has 0 rings (SSSR count). The summed E-state index contributed by atoms with van der Waals surface area (Å²) in [6.07, 6.45) is 0. The first-order chi connectivity index (χ1) is 4.22.